The van der Waals surface area contributed by atoms with E-state index in [0.29, 0.717) is 0 Å². The van der Waals surface area contributed by atoms with Gasteiger partial charge in [-0.05, 0) is 144 Å². The van der Waals surface area contributed by atoms with Crippen LogP contribution in [-0.2, 0) is 0 Å². The highest BCUT2D eigenvalue weighted by molar-refractivity contribution is 6.30. The molecule has 236 valence electrons. The maximum atomic E-state index is 4.08. The molecule has 0 fully saturated rings. The van der Waals surface area contributed by atoms with Gasteiger partial charge in [0, 0.05) is 0 Å². The maximum Gasteiger partial charge on any atom is -0.00141 e. The van der Waals surface area contributed by atoms with Gasteiger partial charge in [-0.3, -0.25) is 0 Å². The van der Waals surface area contributed by atoms with Gasteiger partial charge in [0.05, 0.1) is 0 Å². The summed E-state index contributed by atoms with van der Waals surface area (Å²) in [4.78, 5) is 0. The Morgan fingerprint density at radius 1 is 0.408 bits per heavy atom. The molecule has 7 rings (SSSR count). The van der Waals surface area contributed by atoms with Gasteiger partial charge >= 0.3 is 0 Å². The molecule has 0 bridgehead atoms. The minimum Gasteiger partial charge on any atom is -0.0985 e. The lowest BCUT2D eigenvalue weighted by atomic mass is 9.83. The third-order valence-corrected chi connectivity index (χ3v) is 9.90. The van der Waals surface area contributed by atoms with Crippen molar-refractivity contribution in [3.63, 3.8) is 0 Å². The minimum atomic E-state index is 1.13. The maximum absolute atomic E-state index is 4.08. The van der Waals surface area contributed by atoms with Crippen LogP contribution in [0.2, 0.25) is 0 Å². The van der Waals surface area contributed by atoms with E-state index in [1.165, 1.54) is 71.3 Å². The fourth-order valence-electron chi connectivity index (χ4n) is 7.43. The van der Waals surface area contributed by atoms with Gasteiger partial charge < -0.3 is 0 Å². The smallest absolute Gasteiger partial charge is 0.00141 e. The van der Waals surface area contributed by atoms with Crippen LogP contribution in [0.15, 0.2) is 171 Å². The van der Waals surface area contributed by atoms with Crippen molar-refractivity contribution >= 4 is 49.0 Å². The van der Waals surface area contributed by atoms with Crippen molar-refractivity contribution in [2.75, 3.05) is 0 Å². The topological polar surface area (TPSA) is 0 Å². The van der Waals surface area contributed by atoms with Gasteiger partial charge in [-0.15, -0.1) is 0 Å². The number of allylic oxidation sites excluding steroid dienone is 9. The second-order valence-corrected chi connectivity index (χ2v) is 12.4. The molecular formula is C49H40. The molecule has 0 unspecified atom stereocenters. The summed E-state index contributed by atoms with van der Waals surface area (Å²) in [6.07, 6.45) is 12.2. The summed E-state index contributed by atoms with van der Waals surface area (Å²) in [5.41, 5.74) is 14.1. The Hall–Kier alpha value is -5.98. The standard InChI is InChI=1S/C49H40/c1-7-32(8-2)36-16-13-19-39(28-36)42-24-22-35-23-25-44-46(40-20-14-17-37(29-40)33(9-3)10-4)31-47(45-27-26-43(42)48(35)49(44)45)41-21-15-18-38(30-41)34(11-5)12-6/h7-31H,1,3,5H2,2,4,6H3/b32-8+,33-10+,34-12+. The first-order valence-corrected chi connectivity index (χ1v) is 17.0. The van der Waals surface area contributed by atoms with Gasteiger partial charge in [-0.1, -0.05) is 147 Å². The molecule has 0 aliphatic carbocycles. The van der Waals surface area contributed by atoms with Gasteiger partial charge in [0.1, 0.15) is 0 Å². The van der Waals surface area contributed by atoms with E-state index in [0.717, 1.165) is 27.8 Å². The molecule has 0 spiro atoms. The molecule has 0 atom stereocenters. The number of hydrogen-bond acceptors (Lipinski definition) is 0. The zero-order valence-electron chi connectivity index (χ0n) is 28.6. The monoisotopic (exact) mass is 628 g/mol. The van der Waals surface area contributed by atoms with Crippen LogP contribution in [0.25, 0.3) is 82.4 Å². The van der Waals surface area contributed by atoms with Crippen LogP contribution in [0, 0.1) is 0 Å². The highest BCUT2D eigenvalue weighted by Crippen LogP contribution is 2.46. The molecule has 0 aliphatic rings. The Morgan fingerprint density at radius 2 is 0.796 bits per heavy atom. The van der Waals surface area contributed by atoms with Crippen LogP contribution in [-0.4, -0.2) is 0 Å². The highest BCUT2D eigenvalue weighted by Gasteiger charge is 2.19. The van der Waals surface area contributed by atoms with E-state index < -0.39 is 0 Å². The van der Waals surface area contributed by atoms with Crippen LogP contribution < -0.4 is 0 Å². The Kier molecular flexibility index (Phi) is 8.55. The Bertz CT molecular complexity index is 2420. The molecule has 7 aromatic rings. The fraction of sp³-hybridized carbons (Fsp3) is 0.0612. The number of rotatable bonds is 9. The van der Waals surface area contributed by atoms with Gasteiger partial charge in [0.2, 0.25) is 0 Å². The fourth-order valence-corrected chi connectivity index (χ4v) is 7.43. The van der Waals surface area contributed by atoms with Gasteiger partial charge in [0.15, 0.2) is 0 Å². The van der Waals surface area contributed by atoms with Crippen LogP contribution in [0.4, 0.5) is 0 Å². The Balaban J connectivity index is 1.58. The molecule has 0 heteroatoms. The molecule has 0 amide bonds. The quantitative estimate of drug-likeness (QED) is 0.110. The van der Waals surface area contributed by atoms with E-state index in [1.807, 2.05) is 18.2 Å². The number of benzene rings is 7. The van der Waals surface area contributed by atoms with Crippen molar-refractivity contribution in [2.24, 2.45) is 0 Å². The van der Waals surface area contributed by atoms with Gasteiger partial charge in [0.25, 0.3) is 0 Å². The largest absolute Gasteiger partial charge is 0.0985 e. The average molecular weight is 629 g/mol. The summed E-state index contributed by atoms with van der Waals surface area (Å²) in [6, 6.07) is 42.8. The lowest BCUT2D eigenvalue weighted by Gasteiger charge is -2.20. The van der Waals surface area contributed by atoms with E-state index >= 15 is 0 Å². The molecule has 0 N–H and O–H groups in total. The van der Waals surface area contributed by atoms with E-state index in [2.05, 4.69) is 174 Å². The first-order valence-electron chi connectivity index (χ1n) is 17.0. The van der Waals surface area contributed by atoms with Crippen molar-refractivity contribution in [3.05, 3.63) is 188 Å². The third kappa shape index (κ3) is 5.46. The molecule has 49 heavy (non-hydrogen) atoms. The summed E-state index contributed by atoms with van der Waals surface area (Å²) in [5.74, 6) is 0. The minimum absolute atomic E-state index is 1.13. The highest BCUT2D eigenvalue weighted by atomic mass is 14.2. The van der Waals surface area contributed by atoms with Gasteiger partial charge in [-0.25, -0.2) is 0 Å². The van der Waals surface area contributed by atoms with E-state index in [4.69, 9.17) is 0 Å². The molecule has 0 nitrogen and oxygen atoms in total. The first kappa shape index (κ1) is 31.6. The van der Waals surface area contributed by atoms with Crippen LogP contribution >= 0.6 is 0 Å². The summed E-state index contributed by atoms with van der Waals surface area (Å²) >= 11 is 0. The third-order valence-electron chi connectivity index (χ3n) is 9.90. The summed E-state index contributed by atoms with van der Waals surface area (Å²) in [6.45, 7) is 18.4. The van der Waals surface area contributed by atoms with E-state index in [1.54, 1.807) is 0 Å². The predicted octanol–water partition coefficient (Wildman–Crippen LogP) is 14.4. The van der Waals surface area contributed by atoms with Crippen LogP contribution in [0.3, 0.4) is 0 Å². The van der Waals surface area contributed by atoms with Crippen molar-refractivity contribution in [1.29, 1.82) is 0 Å². The second kappa shape index (κ2) is 13.3. The van der Waals surface area contributed by atoms with Crippen LogP contribution in [0.5, 0.6) is 0 Å². The molecule has 0 aromatic heterocycles. The van der Waals surface area contributed by atoms with Crippen molar-refractivity contribution < 1.29 is 0 Å². The molecule has 7 aromatic carbocycles. The first-order chi connectivity index (χ1) is 24.0. The van der Waals surface area contributed by atoms with Crippen LogP contribution in [0.1, 0.15) is 37.5 Å². The molecule has 0 heterocycles. The Morgan fingerprint density at radius 3 is 1.22 bits per heavy atom. The zero-order valence-corrected chi connectivity index (χ0v) is 28.6. The van der Waals surface area contributed by atoms with Gasteiger partial charge in [-0.2, -0.15) is 0 Å². The molecule has 0 saturated heterocycles. The second-order valence-electron chi connectivity index (χ2n) is 12.4. The predicted molar refractivity (Wildman–Crippen MR) is 218 cm³/mol. The zero-order chi connectivity index (χ0) is 34.1. The molecule has 0 saturated carbocycles. The SMILES string of the molecule is C=C/C(=C\C)c1cccc(-c2ccc3ccc4c(-c5cccc(/C(C=C)=C/C)c5)cc(-c5cccc(/C(C=C)=C/C)c5)c5ccc2c3c45)c1. The molecule has 0 aliphatic heterocycles. The summed E-state index contributed by atoms with van der Waals surface area (Å²) in [5, 5.41) is 7.58. The average Bonchev–Trinajstić information content (AvgIpc) is 3.15. The molecule has 0 radical (unpaired) electrons. The molecular weight excluding hydrogens is 589 g/mol. The normalized spacial score (nSPS) is 12.6. The lowest BCUT2D eigenvalue weighted by Crippen LogP contribution is -1.93. The lowest BCUT2D eigenvalue weighted by molar-refractivity contribution is 1.57. The van der Waals surface area contributed by atoms with E-state index in [9.17, 15) is 0 Å². The summed E-state index contributed by atoms with van der Waals surface area (Å²) in [7, 11) is 0. The Labute approximate surface area is 290 Å². The van der Waals surface area contributed by atoms with Crippen molar-refractivity contribution in [3.8, 4) is 33.4 Å². The summed E-state index contributed by atoms with van der Waals surface area (Å²) < 4.78 is 0. The number of hydrogen-bond donors (Lipinski definition) is 0. The van der Waals surface area contributed by atoms with Crippen molar-refractivity contribution in [1.82, 2.24) is 0 Å². The van der Waals surface area contributed by atoms with Crippen molar-refractivity contribution in [2.45, 2.75) is 20.8 Å². The van der Waals surface area contributed by atoms with E-state index in [-0.39, 0.29) is 0 Å².